The van der Waals surface area contributed by atoms with Crippen molar-refractivity contribution in [3.05, 3.63) is 16.0 Å². The van der Waals surface area contributed by atoms with Gasteiger partial charge in [0.2, 0.25) is 5.91 Å². The molecule has 0 aliphatic heterocycles. The van der Waals surface area contributed by atoms with Gasteiger partial charge in [-0.25, -0.2) is 0 Å². The fourth-order valence-corrected chi connectivity index (χ4v) is 4.03. The van der Waals surface area contributed by atoms with Crippen LogP contribution in [0.15, 0.2) is 0 Å². The molecule has 0 radical (unpaired) electrons. The number of primary amides is 1. The second kappa shape index (κ2) is 6.48. The molecule has 0 aromatic carbocycles. The third-order valence-corrected chi connectivity index (χ3v) is 5.41. The molecule has 0 spiro atoms. The number of aryl methyl sites for hydroxylation is 1. The molecule has 1 aliphatic carbocycles. The topological polar surface area (TPSA) is 109 Å². The number of carbonyl (C=O) groups is 3. The Morgan fingerprint density at radius 1 is 1.18 bits per heavy atom. The SMILES string of the molecule is Cc1sc(NC(=O)[C@@H]2CCCC[C@H]2C(=O)O)c(C(N)=O)c1C. The lowest BCUT2D eigenvalue weighted by atomic mass is 9.79. The number of anilines is 1. The second-order valence-electron chi connectivity index (χ2n) is 5.68. The first-order chi connectivity index (χ1) is 10.3. The van der Waals surface area contributed by atoms with Crippen LogP contribution in [-0.4, -0.2) is 22.9 Å². The van der Waals surface area contributed by atoms with Crippen molar-refractivity contribution >= 4 is 34.1 Å². The van der Waals surface area contributed by atoms with E-state index >= 15 is 0 Å². The summed E-state index contributed by atoms with van der Waals surface area (Å²) >= 11 is 1.29. The maximum absolute atomic E-state index is 12.5. The molecule has 1 aromatic rings. The van der Waals surface area contributed by atoms with E-state index in [4.69, 9.17) is 5.73 Å². The van der Waals surface area contributed by atoms with Crippen molar-refractivity contribution in [1.82, 2.24) is 0 Å². The van der Waals surface area contributed by atoms with Gasteiger partial charge in [-0.3, -0.25) is 14.4 Å². The first-order valence-corrected chi connectivity index (χ1v) is 8.08. The minimum Gasteiger partial charge on any atom is -0.481 e. The van der Waals surface area contributed by atoms with Crippen molar-refractivity contribution in [2.45, 2.75) is 39.5 Å². The summed E-state index contributed by atoms with van der Waals surface area (Å²) in [4.78, 5) is 36.2. The quantitative estimate of drug-likeness (QED) is 0.789. The van der Waals surface area contributed by atoms with Gasteiger partial charge in [-0.1, -0.05) is 12.8 Å². The third kappa shape index (κ3) is 3.14. The van der Waals surface area contributed by atoms with Crippen LogP contribution in [0.4, 0.5) is 5.00 Å². The Hall–Kier alpha value is -1.89. The van der Waals surface area contributed by atoms with E-state index in [0.717, 1.165) is 23.3 Å². The van der Waals surface area contributed by atoms with Crippen molar-refractivity contribution < 1.29 is 19.5 Å². The van der Waals surface area contributed by atoms with Crippen LogP contribution in [-0.2, 0) is 9.59 Å². The highest BCUT2D eigenvalue weighted by Gasteiger charge is 2.36. The number of rotatable bonds is 4. The summed E-state index contributed by atoms with van der Waals surface area (Å²) in [7, 11) is 0. The van der Waals surface area contributed by atoms with Gasteiger partial charge >= 0.3 is 5.97 Å². The summed E-state index contributed by atoms with van der Waals surface area (Å²) in [5.74, 6) is -3.08. The molecule has 4 N–H and O–H groups in total. The van der Waals surface area contributed by atoms with E-state index in [1.165, 1.54) is 11.3 Å². The molecule has 1 saturated carbocycles. The average molecular weight is 324 g/mol. The van der Waals surface area contributed by atoms with Crippen LogP contribution in [0.5, 0.6) is 0 Å². The van der Waals surface area contributed by atoms with Crippen LogP contribution in [0.1, 0.15) is 46.5 Å². The number of carboxylic acids is 1. The minimum absolute atomic E-state index is 0.318. The number of hydrogen-bond donors (Lipinski definition) is 3. The summed E-state index contributed by atoms with van der Waals surface area (Å²) in [5.41, 5.74) is 6.45. The number of carbonyl (C=O) groups excluding carboxylic acids is 2. The maximum atomic E-state index is 12.5. The number of hydrogen-bond acceptors (Lipinski definition) is 4. The molecule has 2 rings (SSSR count). The standard InChI is InChI=1S/C15H20N2O4S/c1-7-8(2)22-14(11(7)12(16)18)17-13(19)9-5-3-4-6-10(9)15(20)21/h9-10H,3-6H2,1-2H3,(H2,16,18)(H,17,19)(H,20,21)/t9-,10-/m1/s1. The van der Waals surface area contributed by atoms with E-state index in [1.54, 1.807) is 6.92 Å². The lowest BCUT2D eigenvalue weighted by Gasteiger charge is -2.27. The number of nitrogens with two attached hydrogens (primary N) is 1. The molecule has 7 heteroatoms. The zero-order valence-corrected chi connectivity index (χ0v) is 13.5. The van der Waals surface area contributed by atoms with Crippen molar-refractivity contribution in [3.63, 3.8) is 0 Å². The molecule has 0 bridgehead atoms. The Labute approximate surface area is 132 Å². The predicted octanol–water partition coefficient (Wildman–Crippen LogP) is 2.29. The molecule has 1 aliphatic rings. The van der Waals surface area contributed by atoms with Crippen molar-refractivity contribution in [1.29, 1.82) is 0 Å². The number of thiophene rings is 1. The highest BCUT2D eigenvalue weighted by atomic mass is 32.1. The molecule has 1 aromatic heterocycles. The van der Waals surface area contributed by atoms with Crippen molar-refractivity contribution in [2.24, 2.45) is 17.6 Å². The predicted molar refractivity (Wildman–Crippen MR) is 84.0 cm³/mol. The zero-order chi connectivity index (χ0) is 16.4. The van der Waals surface area contributed by atoms with Crippen LogP contribution in [0.2, 0.25) is 0 Å². The Kier molecular flexibility index (Phi) is 4.85. The molecule has 120 valence electrons. The zero-order valence-electron chi connectivity index (χ0n) is 12.6. The van der Waals surface area contributed by atoms with E-state index in [2.05, 4.69) is 5.32 Å². The van der Waals surface area contributed by atoms with Gasteiger partial charge in [0.1, 0.15) is 5.00 Å². The van der Waals surface area contributed by atoms with E-state index < -0.39 is 23.7 Å². The van der Waals surface area contributed by atoms with Gasteiger partial charge < -0.3 is 16.2 Å². The fraction of sp³-hybridized carbons (Fsp3) is 0.533. The maximum Gasteiger partial charge on any atom is 0.307 e. The molecular formula is C15H20N2O4S. The van der Waals surface area contributed by atoms with Gasteiger partial charge in [0.25, 0.3) is 5.91 Å². The average Bonchev–Trinajstić information content (AvgIpc) is 2.73. The summed E-state index contributed by atoms with van der Waals surface area (Å²) in [6.07, 6.45) is 2.73. The largest absolute Gasteiger partial charge is 0.481 e. The molecular weight excluding hydrogens is 304 g/mol. The fourth-order valence-electron chi connectivity index (χ4n) is 2.96. The lowest BCUT2D eigenvalue weighted by Crippen LogP contribution is -2.36. The molecule has 0 saturated heterocycles. The van der Waals surface area contributed by atoms with Crippen LogP contribution >= 0.6 is 11.3 Å². The van der Waals surface area contributed by atoms with Crippen molar-refractivity contribution in [3.8, 4) is 0 Å². The Morgan fingerprint density at radius 2 is 1.77 bits per heavy atom. The monoisotopic (exact) mass is 324 g/mol. The second-order valence-corrected chi connectivity index (χ2v) is 6.90. The molecule has 1 fully saturated rings. The van der Waals surface area contributed by atoms with E-state index in [0.29, 0.717) is 23.4 Å². The first kappa shape index (κ1) is 16.5. The summed E-state index contributed by atoms with van der Waals surface area (Å²) in [5, 5.41) is 12.4. The minimum atomic E-state index is -0.937. The van der Waals surface area contributed by atoms with Crippen LogP contribution in [0.3, 0.4) is 0 Å². The van der Waals surface area contributed by atoms with Gasteiger partial charge in [-0.2, -0.15) is 0 Å². The molecule has 0 unspecified atom stereocenters. The number of nitrogens with one attached hydrogen (secondary N) is 1. The number of carboxylic acid groups (broad SMARTS) is 1. The molecule has 1 heterocycles. The highest BCUT2D eigenvalue weighted by Crippen LogP contribution is 2.35. The van der Waals surface area contributed by atoms with Crippen molar-refractivity contribution in [2.75, 3.05) is 5.32 Å². The number of amides is 2. The van der Waals surface area contributed by atoms with Gasteiger partial charge in [-0.05, 0) is 32.3 Å². The van der Waals surface area contributed by atoms with Crippen LogP contribution < -0.4 is 11.1 Å². The van der Waals surface area contributed by atoms with Crippen LogP contribution in [0.25, 0.3) is 0 Å². The molecule has 6 nitrogen and oxygen atoms in total. The lowest BCUT2D eigenvalue weighted by molar-refractivity contribution is -0.147. The summed E-state index contributed by atoms with van der Waals surface area (Å²) in [6, 6.07) is 0. The highest BCUT2D eigenvalue weighted by molar-refractivity contribution is 7.16. The molecule has 2 atom stereocenters. The third-order valence-electron chi connectivity index (χ3n) is 4.29. The van der Waals surface area contributed by atoms with E-state index in [-0.39, 0.29) is 5.91 Å². The smallest absolute Gasteiger partial charge is 0.307 e. The van der Waals surface area contributed by atoms with Gasteiger partial charge in [0.15, 0.2) is 0 Å². The van der Waals surface area contributed by atoms with Gasteiger partial charge in [0.05, 0.1) is 17.4 Å². The van der Waals surface area contributed by atoms with E-state index in [1.807, 2.05) is 6.92 Å². The summed E-state index contributed by atoms with van der Waals surface area (Å²) in [6.45, 7) is 3.63. The normalized spacial score (nSPS) is 21.4. The number of aliphatic carboxylic acids is 1. The van der Waals surface area contributed by atoms with Gasteiger partial charge in [0, 0.05) is 4.88 Å². The molecule has 2 amide bonds. The Balaban J connectivity index is 2.23. The van der Waals surface area contributed by atoms with Crippen LogP contribution in [0, 0.1) is 25.7 Å². The summed E-state index contributed by atoms with van der Waals surface area (Å²) < 4.78 is 0. The Morgan fingerprint density at radius 3 is 2.32 bits per heavy atom. The van der Waals surface area contributed by atoms with Gasteiger partial charge in [-0.15, -0.1) is 11.3 Å². The first-order valence-electron chi connectivity index (χ1n) is 7.26. The Bertz CT molecular complexity index is 623. The van der Waals surface area contributed by atoms with E-state index in [9.17, 15) is 19.5 Å². The molecule has 22 heavy (non-hydrogen) atoms.